The van der Waals surface area contributed by atoms with Gasteiger partial charge in [-0.15, -0.1) is 0 Å². The molecule has 0 radical (unpaired) electrons. The second-order valence-corrected chi connectivity index (χ2v) is 7.25. The molecule has 0 bridgehead atoms. The highest BCUT2D eigenvalue weighted by Gasteiger charge is 2.26. The second-order valence-electron chi connectivity index (χ2n) is 6.81. The Morgan fingerprint density at radius 2 is 1.89 bits per heavy atom. The van der Waals surface area contributed by atoms with Crippen molar-refractivity contribution in [2.75, 3.05) is 25.5 Å². The third-order valence-electron chi connectivity index (χ3n) is 5.15. The van der Waals surface area contributed by atoms with Crippen LogP contribution in [0, 0.1) is 0 Å². The number of nitrogens with one attached hydrogen (secondary N) is 2. The summed E-state index contributed by atoms with van der Waals surface area (Å²) >= 11 is 5.87. The molecular weight excluding hydrogens is 380 g/mol. The standard InChI is InChI=1S/C20H21ClN4O3/c1-28-17-4-2-3-16-18(17)23-20(27)25(16)15-9-11-24(12-10-15)19(26)22-14-7-5-13(21)6-8-14/h2-8,15H,9-12H2,1H3,(H,22,26)(H,23,27). The van der Waals surface area contributed by atoms with Gasteiger partial charge in [0.2, 0.25) is 0 Å². The SMILES string of the molecule is COc1cccc2c1[nH]c(=O)n2C1CCN(C(=O)Nc2ccc(Cl)cc2)CC1. The number of fused-ring (bicyclic) bond motifs is 1. The van der Waals surface area contributed by atoms with Crippen LogP contribution in [0.25, 0.3) is 11.0 Å². The number of amides is 2. The summed E-state index contributed by atoms with van der Waals surface area (Å²) in [6.07, 6.45) is 1.41. The minimum Gasteiger partial charge on any atom is -0.494 e. The predicted molar refractivity (Wildman–Crippen MR) is 109 cm³/mol. The van der Waals surface area contributed by atoms with Crippen molar-refractivity contribution < 1.29 is 9.53 Å². The summed E-state index contributed by atoms with van der Waals surface area (Å²) in [5.74, 6) is 0.646. The van der Waals surface area contributed by atoms with Crippen LogP contribution in [0.1, 0.15) is 18.9 Å². The highest BCUT2D eigenvalue weighted by Crippen LogP contribution is 2.28. The van der Waals surface area contributed by atoms with Crippen LogP contribution in [-0.4, -0.2) is 40.7 Å². The van der Waals surface area contributed by atoms with Crippen LogP contribution in [0.3, 0.4) is 0 Å². The van der Waals surface area contributed by atoms with Gasteiger partial charge in [-0.1, -0.05) is 17.7 Å². The van der Waals surface area contributed by atoms with Crippen LogP contribution in [0.15, 0.2) is 47.3 Å². The van der Waals surface area contributed by atoms with E-state index in [1.54, 1.807) is 40.8 Å². The molecule has 28 heavy (non-hydrogen) atoms. The summed E-state index contributed by atoms with van der Waals surface area (Å²) in [5, 5.41) is 3.51. The van der Waals surface area contributed by atoms with Gasteiger partial charge in [-0.3, -0.25) is 4.57 Å². The van der Waals surface area contributed by atoms with Crippen molar-refractivity contribution in [1.29, 1.82) is 0 Å². The number of H-pyrrole nitrogens is 1. The number of benzene rings is 2. The molecule has 0 saturated carbocycles. The zero-order valence-corrected chi connectivity index (χ0v) is 16.2. The Morgan fingerprint density at radius 3 is 2.57 bits per heavy atom. The van der Waals surface area contributed by atoms with Gasteiger partial charge in [-0.25, -0.2) is 9.59 Å². The Kier molecular flexibility index (Phi) is 5.00. The number of rotatable bonds is 3. The number of carbonyl (C=O) groups excluding carboxylic acids is 1. The number of nitrogens with zero attached hydrogens (tertiary/aromatic N) is 2. The van der Waals surface area contributed by atoms with Crippen molar-refractivity contribution in [2.24, 2.45) is 0 Å². The molecular formula is C20H21ClN4O3. The third-order valence-corrected chi connectivity index (χ3v) is 5.40. The smallest absolute Gasteiger partial charge is 0.326 e. The van der Waals surface area contributed by atoms with Gasteiger partial charge in [0.25, 0.3) is 0 Å². The molecule has 8 heteroatoms. The van der Waals surface area contributed by atoms with E-state index in [1.165, 1.54) is 0 Å². The Labute approximate surface area is 166 Å². The zero-order chi connectivity index (χ0) is 19.7. The number of para-hydroxylation sites is 1. The van der Waals surface area contributed by atoms with Crippen LogP contribution < -0.4 is 15.7 Å². The molecule has 1 aliphatic heterocycles. The first-order valence-electron chi connectivity index (χ1n) is 9.15. The molecule has 0 aliphatic carbocycles. The summed E-state index contributed by atoms with van der Waals surface area (Å²) in [5.41, 5.74) is 2.09. The fraction of sp³-hybridized carbons (Fsp3) is 0.300. The molecule has 2 N–H and O–H groups in total. The molecule has 7 nitrogen and oxygen atoms in total. The van der Waals surface area contributed by atoms with Gasteiger partial charge in [0, 0.05) is 29.8 Å². The first-order valence-corrected chi connectivity index (χ1v) is 9.53. The van der Waals surface area contributed by atoms with E-state index in [4.69, 9.17) is 16.3 Å². The number of halogens is 1. The first kappa shape index (κ1) is 18.4. The van der Waals surface area contributed by atoms with Crippen LogP contribution in [0.5, 0.6) is 5.75 Å². The minimum absolute atomic E-state index is 0.0351. The molecule has 3 aromatic rings. The van der Waals surface area contributed by atoms with E-state index < -0.39 is 0 Å². The number of anilines is 1. The fourth-order valence-corrected chi connectivity index (χ4v) is 3.84. The van der Waals surface area contributed by atoms with Gasteiger partial charge in [0.05, 0.1) is 12.6 Å². The van der Waals surface area contributed by atoms with Crippen molar-refractivity contribution in [3.63, 3.8) is 0 Å². The van der Waals surface area contributed by atoms with E-state index in [0.717, 1.165) is 5.52 Å². The molecule has 2 amide bonds. The molecule has 1 aliphatic rings. The number of aromatic nitrogens is 2. The molecule has 0 atom stereocenters. The molecule has 1 saturated heterocycles. The number of ether oxygens (including phenoxy) is 1. The van der Waals surface area contributed by atoms with Gasteiger partial charge in [-0.2, -0.15) is 0 Å². The normalized spacial score (nSPS) is 15.0. The van der Waals surface area contributed by atoms with E-state index in [0.29, 0.717) is 47.9 Å². The molecule has 1 fully saturated rings. The van der Waals surface area contributed by atoms with E-state index in [1.807, 2.05) is 18.2 Å². The maximum absolute atomic E-state index is 12.5. The van der Waals surface area contributed by atoms with Gasteiger partial charge >= 0.3 is 11.7 Å². The fourth-order valence-electron chi connectivity index (χ4n) is 3.72. The number of imidazole rings is 1. The molecule has 2 aromatic carbocycles. The summed E-state index contributed by atoms with van der Waals surface area (Å²) < 4.78 is 7.13. The van der Waals surface area contributed by atoms with Gasteiger partial charge < -0.3 is 19.9 Å². The molecule has 0 unspecified atom stereocenters. The topological polar surface area (TPSA) is 79.4 Å². The minimum atomic E-state index is -0.149. The Morgan fingerprint density at radius 1 is 1.18 bits per heavy atom. The highest BCUT2D eigenvalue weighted by molar-refractivity contribution is 6.30. The summed E-state index contributed by atoms with van der Waals surface area (Å²) in [6.45, 7) is 1.15. The number of urea groups is 1. The lowest BCUT2D eigenvalue weighted by atomic mass is 10.0. The predicted octanol–water partition coefficient (Wildman–Crippen LogP) is 3.86. The lowest BCUT2D eigenvalue weighted by Crippen LogP contribution is -2.42. The largest absolute Gasteiger partial charge is 0.494 e. The number of hydrogen-bond acceptors (Lipinski definition) is 3. The molecule has 1 aromatic heterocycles. The number of carbonyl (C=O) groups is 1. The summed E-state index contributed by atoms with van der Waals surface area (Å²) in [7, 11) is 1.59. The molecule has 2 heterocycles. The van der Waals surface area contributed by atoms with Gasteiger partial charge in [0.15, 0.2) is 0 Å². The van der Waals surface area contributed by atoms with Gasteiger partial charge in [0.1, 0.15) is 11.3 Å². The average molecular weight is 401 g/mol. The van der Waals surface area contributed by atoms with Crippen LogP contribution in [-0.2, 0) is 0 Å². The summed E-state index contributed by atoms with van der Waals surface area (Å²) in [6, 6.07) is 12.5. The maximum atomic E-state index is 12.5. The zero-order valence-electron chi connectivity index (χ0n) is 15.4. The van der Waals surface area contributed by atoms with Crippen molar-refractivity contribution in [3.05, 3.63) is 58.0 Å². The van der Waals surface area contributed by atoms with E-state index in [9.17, 15) is 9.59 Å². The highest BCUT2D eigenvalue weighted by atomic mass is 35.5. The van der Waals surface area contributed by atoms with Crippen molar-refractivity contribution >= 4 is 34.4 Å². The maximum Gasteiger partial charge on any atom is 0.326 e. The van der Waals surface area contributed by atoms with E-state index >= 15 is 0 Å². The molecule has 0 spiro atoms. The van der Waals surface area contributed by atoms with Gasteiger partial charge in [-0.05, 0) is 49.2 Å². The van der Waals surface area contributed by atoms with Crippen LogP contribution in [0.2, 0.25) is 5.02 Å². The van der Waals surface area contributed by atoms with Crippen molar-refractivity contribution in [1.82, 2.24) is 14.5 Å². The number of hydrogen-bond donors (Lipinski definition) is 2. The lowest BCUT2D eigenvalue weighted by Gasteiger charge is -2.32. The van der Waals surface area contributed by atoms with E-state index in [2.05, 4.69) is 10.3 Å². The van der Waals surface area contributed by atoms with Crippen LogP contribution >= 0.6 is 11.6 Å². The Bertz CT molecular complexity index is 1050. The average Bonchev–Trinajstić information content (AvgIpc) is 3.05. The number of aromatic amines is 1. The molecule has 4 rings (SSSR count). The number of likely N-dealkylation sites (tertiary alicyclic amines) is 1. The monoisotopic (exact) mass is 400 g/mol. The van der Waals surface area contributed by atoms with Crippen molar-refractivity contribution in [3.8, 4) is 5.75 Å². The van der Waals surface area contributed by atoms with E-state index in [-0.39, 0.29) is 17.8 Å². The lowest BCUT2D eigenvalue weighted by molar-refractivity contribution is 0.184. The second kappa shape index (κ2) is 7.59. The summed E-state index contributed by atoms with van der Waals surface area (Å²) in [4.78, 5) is 29.7. The van der Waals surface area contributed by atoms with Crippen molar-refractivity contribution in [2.45, 2.75) is 18.9 Å². The number of methoxy groups -OCH3 is 1. The third kappa shape index (κ3) is 3.45. The van der Waals surface area contributed by atoms with Crippen LogP contribution in [0.4, 0.5) is 10.5 Å². The Balaban J connectivity index is 1.46. The Hall–Kier alpha value is -2.93. The first-order chi connectivity index (χ1) is 13.6. The number of piperidine rings is 1. The quantitative estimate of drug-likeness (QED) is 0.700. The molecule has 146 valence electrons.